The molecule has 0 fully saturated rings. The monoisotopic (exact) mass is 382 g/mol. The molecule has 4 heteroatoms. The number of aromatic amines is 1. The van der Waals surface area contributed by atoms with Crippen LogP contribution in [-0.4, -0.2) is 23.2 Å². The number of fused-ring (bicyclic) bond motifs is 4. The topological polar surface area (TPSA) is 37.5 Å². The third-order valence-electron chi connectivity index (χ3n) is 6.08. The average molecular weight is 382 g/mol. The molecule has 0 amide bonds. The number of hydrogen-bond acceptors (Lipinski definition) is 3. The maximum Gasteiger partial charge on any atom is 0.231 e. The lowest BCUT2D eigenvalue weighted by Crippen LogP contribution is -2.35. The van der Waals surface area contributed by atoms with Crippen molar-refractivity contribution in [1.29, 1.82) is 0 Å². The molecule has 1 unspecified atom stereocenters. The number of para-hydroxylation sites is 1. The van der Waals surface area contributed by atoms with E-state index in [2.05, 4.69) is 76.6 Å². The zero-order valence-corrected chi connectivity index (χ0v) is 16.1. The molecule has 0 aliphatic carbocycles. The molecule has 0 saturated carbocycles. The minimum absolute atomic E-state index is 0.154. The van der Waals surface area contributed by atoms with Gasteiger partial charge in [0.25, 0.3) is 0 Å². The molecule has 3 heterocycles. The van der Waals surface area contributed by atoms with Crippen LogP contribution in [0.3, 0.4) is 0 Å². The van der Waals surface area contributed by atoms with Crippen LogP contribution in [0.2, 0.25) is 0 Å². The molecule has 1 aromatic heterocycles. The normalized spacial score (nSPS) is 18.1. The fourth-order valence-electron chi connectivity index (χ4n) is 4.74. The zero-order valence-electron chi connectivity index (χ0n) is 16.1. The Bertz CT molecular complexity index is 1180. The molecule has 144 valence electrons. The van der Waals surface area contributed by atoms with Gasteiger partial charge in [0.15, 0.2) is 11.5 Å². The van der Waals surface area contributed by atoms with Crippen molar-refractivity contribution in [2.75, 3.05) is 13.3 Å². The standard InChI is InChI=1S/C25H22N2O2/c1-2-6-17(7-3-1)15-27-13-12-20-19-8-4-5-9-21(19)26-24(20)25(27)18-10-11-22-23(14-18)29-16-28-22/h1-11,14,25-26H,12-13,15-16H2. The van der Waals surface area contributed by atoms with Crippen molar-refractivity contribution < 1.29 is 9.47 Å². The van der Waals surface area contributed by atoms with Crippen molar-refractivity contribution in [3.8, 4) is 11.5 Å². The van der Waals surface area contributed by atoms with Gasteiger partial charge in [-0.3, -0.25) is 4.90 Å². The molecule has 6 rings (SSSR count). The highest BCUT2D eigenvalue weighted by atomic mass is 16.7. The Morgan fingerprint density at radius 3 is 2.66 bits per heavy atom. The van der Waals surface area contributed by atoms with Crippen molar-refractivity contribution in [2.45, 2.75) is 19.0 Å². The second kappa shape index (κ2) is 6.68. The van der Waals surface area contributed by atoms with Gasteiger partial charge in [-0.2, -0.15) is 0 Å². The van der Waals surface area contributed by atoms with Gasteiger partial charge in [-0.25, -0.2) is 0 Å². The highest BCUT2D eigenvalue weighted by Crippen LogP contribution is 2.42. The van der Waals surface area contributed by atoms with E-state index in [4.69, 9.17) is 9.47 Å². The predicted molar refractivity (Wildman–Crippen MR) is 113 cm³/mol. The molecule has 0 saturated heterocycles. The Kier molecular flexibility index (Phi) is 3.84. The maximum absolute atomic E-state index is 5.68. The Morgan fingerprint density at radius 1 is 0.897 bits per heavy atom. The largest absolute Gasteiger partial charge is 0.454 e. The van der Waals surface area contributed by atoms with Crippen LogP contribution in [0.25, 0.3) is 10.9 Å². The summed E-state index contributed by atoms with van der Waals surface area (Å²) in [7, 11) is 0. The quantitative estimate of drug-likeness (QED) is 0.539. The fourth-order valence-corrected chi connectivity index (χ4v) is 4.74. The molecule has 0 spiro atoms. The SMILES string of the molecule is c1ccc(CN2CCc3c([nH]c4ccccc34)C2c2ccc3c(c2)OCO3)cc1. The predicted octanol–water partition coefficient (Wildman–Crippen LogP) is 5.04. The number of aromatic nitrogens is 1. The lowest BCUT2D eigenvalue weighted by Gasteiger charge is -2.36. The molecule has 4 aromatic rings. The summed E-state index contributed by atoms with van der Waals surface area (Å²) in [6, 6.07) is 25.9. The van der Waals surface area contributed by atoms with E-state index in [0.717, 1.165) is 31.0 Å². The first-order valence-corrected chi connectivity index (χ1v) is 10.1. The number of nitrogens with one attached hydrogen (secondary N) is 1. The third kappa shape index (κ3) is 2.79. The lowest BCUT2D eigenvalue weighted by atomic mass is 9.91. The number of hydrogen-bond donors (Lipinski definition) is 1. The number of benzene rings is 3. The summed E-state index contributed by atoms with van der Waals surface area (Å²) in [6.45, 7) is 2.23. The second-order valence-electron chi connectivity index (χ2n) is 7.78. The zero-order chi connectivity index (χ0) is 19.2. The van der Waals surface area contributed by atoms with Crippen molar-refractivity contribution in [3.05, 3.63) is 95.2 Å². The van der Waals surface area contributed by atoms with Crippen molar-refractivity contribution in [3.63, 3.8) is 0 Å². The van der Waals surface area contributed by atoms with Crippen LogP contribution in [-0.2, 0) is 13.0 Å². The van der Waals surface area contributed by atoms with E-state index < -0.39 is 0 Å². The van der Waals surface area contributed by atoms with Crippen LogP contribution in [0.5, 0.6) is 11.5 Å². The molecule has 2 aliphatic heterocycles. The number of rotatable bonds is 3. The highest BCUT2D eigenvalue weighted by molar-refractivity contribution is 5.85. The second-order valence-corrected chi connectivity index (χ2v) is 7.78. The van der Waals surface area contributed by atoms with Gasteiger partial charge < -0.3 is 14.5 Å². The first kappa shape index (κ1) is 16.7. The summed E-state index contributed by atoms with van der Waals surface area (Å²) in [5, 5.41) is 1.34. The molecule has 2 aliphatic rings. The summed E-state index contributed by atoms with van der Waals surface area (Å²) in [5.41, 5.74) is 6.51. The Hall–Kier alpha value is -3.24. The van der Waals surface area contributed by atoms with Gasteiger partial charge >= 0.3 is 0 Å². The van der Waals surface area contributed by atoms with Gasteiger partial charge in [-0.05, 0) is 41.3 Å². The molecule has 3 aromatic carbocycles. The smallest absolute Gasteiger partial charge is 0.231 e. The van der Waals surface area contributed by atoms with E-state index in [1.54, 1.807) is 0 Å². The summed E-state index contributed by atoms with van der Waals surface area (Å²) in [5.74, 6) is 1.67. The minimum Gasteiger partial charge on any atom is -0.454 e. The van der Waals surface area contributed by atoms with Gasteiger partial charge in [0, 0.05) is 29.7 Å². The molecule has 1 N–H and O–H groups in total. The Labute approximate surface area is 169 Å². The van der Waals surface area contributed by atoms with Crippen LogP contribution >= 0.6 is 0 Å². The van der Waals surface area contributed by atoms with Crippen LogP contribution < -0.4 is 9.47 Å². The third-order valence-corrected chi connectivity index (χ3v) is 6.08. The first-order chi connectivity index (χ1) is 14.4. The van der Waals surface area contributed by atoms with Crippen molar-refractivity contribution in [1.82, 2.24) is 9.88 Å². The maximum atomic E-state index is 5.68. The van der Waals surface area contributed by atoms with Crippen LogP contribution in [0.4, 0.5) is 0 Å². The summed E-state index contributed by atoms with van der Waals surface area (Å²) in [4.78, 5) is 6.29. The summed E-state index contributed by atoms with van der Waals surface area (Å²) >= 11 is 0. The van der Waals surface area contributed by atoms with E-state index in [0.29, 0.717) is 6.79 Å². The van der Waals surface area contributed by atoms with Crippen molar-refractivity contribution >= 4 is 10.9 Å². The van der Waals surface area contributed by atoms with E-state index in [9.17, 15) is 0 Å². The average Bonchev–Trinajstić information content (AvgIpc) is 3.38. The van der Waals surface area contributed by atoms with Crippen LogP contribution in [0, 0.1) is 0 Å². The minimum atomic E-state index is 0.154. The van der Waals surface area contributed by atoms with Gasteiger partial charge in [0.2, 0.25) is 6.79 Å². The molecular formula is C25H22N2O2. The molecule has 1 atom stereocenters. The number of nitrogens with zero attached hydrogens (tertiary/aromatic N) is 1. The molecule has 4 nitrogen and oxygen atoms in total. The molecular weight excluding hydrogens is 360 g/mol. The molecule has 0 radical (unpaired) electrons. The molecule has 0 bridgehead atoms. The van der Waals surface area contributed by atoms with Gasteiger partial charge in [0.1, 0.15) is 0 Å². The van der Waals surface area contributed by atoms with Gasteiger partial charge in [-0.1, -0.05) is 54.6 Å². The van der Waals surface area contributed by atoms with E-state index in [1.807, 2.05) is 6.07 Å². The van der Waals surface area contributed by atoms with E-state index in [1.165, 1.54) is 33.3 Å². The summed E-state index contributed by atoms with van der Waals surface area (Å²) < 4.78 is 11.2. The van der Waals surface area contributed by atoms with Crippen LogP contribution in [0.15, 0.2) is 72.8 Å². The van der Waals surface area contributed by atoms with E-state index >= 15 is 0 Å². The molecule has 29 heavy (non-hydrogen) atoms. The van der Waals surface area contributed by atoms with Crippen molar-refractivity contribution in [2.24, 2.45) is 0 Å². The van der Waals surface area contributed by atoms with Gasteiger partial charge in [-0.15, -0.1) is 0 Å². The lowest BCUT2D eigenvalue weighted by molar-refractivity contribution is 0.173. The van der Waals surface area contributed by atoms with E-state index in [-0.39, 0.29) is 6.04 Å². The number of H-pyrrole nitrogens is 1. The number of ether oxygens (including phenoxy) is 2. The first-order valence-electron chi connectivity index (χ1n) is 10.1. The highest BCUT2D eigenvalue weighted by Gasteiger charge is 2.32. The Balaban J connectivity index is 1.48. The van der Waals surface area contributed by atoms with Gasteiger partial charge in [0.05, 0.1) is 6.04 Å². The fraction of sp³-hybridized carbons (Fsp3) is 0.200. The van der Waals surface area contributed by atoms with Crippen LogP contribution in [0.1, 0.15) is 28.4 Å². The Morgan fingerprint density at radius 2 is 1.72 bits per heavy atom. The summed E-state index contributed by atoms with van der Waals surface area (Å²) in [6.07, 6.45) is 1.05.